The SMILES string of the molecule is CCc1ccc(-c2c3nc(c(-c4ccc(CC)cc4)c4[n-]c(c(-c5ccc(CC)cc5)c5nc(c(-c6ccc(CC)cc6)c6[n-]c2c2cc7ccccc7cc62)-c2cc6ccccc6cc2-5)c2cc5ccccc5cc42)-c2cc4ccccc4cc2-3)cc1.[Pd+2]. The summed E-state index contributed by atoms with van der Waals surface area (Å²) >= 11 is 0. The smallest absolute Gasteiger partial charge is 0.656 e. The van der Waals surface area contributed by atoms with Crippen molar-refractivity contribution in [2.45, 2.75) is 53.4 Å². The molecule has 0 radical (unpaired) electrons. The minimum Gasteiger partial charge on any atom is -0.656 e. The summed E-state index contributed by atoms with van der Waals surface area (Å²) in [5, 5.41) is 13.4. The third-order valence-electron chi connectivity index (χ3n) is 19.0. The Morgan fingerprint density at radius 3 is 0.629 bits per heavy atom. The Morgan fingerprint density at radius 2 is 0.438 bits per heavy atom. The molecule has 1 aliphatic carbocycles. The molecular formula is C84H60N4Pd. The van der Waals surface area contributed by atoms with E-state index in [1.54, 1.807) is 0 Å². The molecule has 0 amide bonds. The van der Waals surface area contributed by atoms with Crippen LogP contribution >= 0.6 is 0 Å². The van der Waals surface area contributed by atoms with Crippen LogP contribution < -0.4 is 9.97 Å². The second-order valence-electron chi connectivity index (χ2n) is 23.9. The fourth-order valence-electron chi connectivity index (χ4n) is 14.2. The van der Waals surface area contributed by atoms with Crippen LogP contribution in [-0.4, -0.2) is 9.97 Å². The maximum Gasteiger partial charge on any atom is 2.00 e. The second kappa shape index (κ2) is 21.7. The zero-order chi connectivity index (χ0) is 58.7. The first-order valence-electron chi connectivity index (χ1n) is 31.2. The Kier molecular flexibility index (Phi) is 13.3. The van der Waals surface area contributed by atoms with Gasteiger partial charge >= 0.3 is 20.4 Å². The van der Waals surface area contributed by atoms with Gasteiger partial charge in [-0.15, -0.1) is 22.1 Å². The zero-order valence-corrected chi connectivity index (χ0v) is 51.6. The van der Waals surface area contributed by atoms with E-state index in [0.717, 1.165) is 202 Å². The molecule has 2 aromatic heterocycles. The summed E-state index contributed by atoms with van der Waals surface area (Å²) in [6.45, 7) is 8.91. The van der Waals surface area contributed by atoms with Gasteiger partial charge in [-0.2, -0.15) is 0 Å². The van der Waals surface area contributed by atoms with Gasteiger partial charge in [-0.25, -0.2) is 9.97 Å². The van der Waals surface area contributed by atoms with Crippen molar-refractivity contribution in [2.24, 2.45) is 0 Å². The fourth-order valence-corrected chi connectivity index (χ4v) is 14.2. The average molecular weight is 1230 g/mol. The number of aromatic nitrogens is 4. The van der Waals surface area contributed by atoms with E-state index < -0.39 is 0 Å². The zero-order valence-electron chi connectivity index (χ0n) is 50.0. The number of aryl methyl sites for hydroxylation is 4. The van der Waals surface area contributed by atoms with E-state index in [-0.39, 0.29) is 20.4 Å². The molecule has 4 nitrogen and oxygen atoms in total. The van der Waals surface area contributed by atoms with Crippen LogP contribution in [0.2, 0.25) is 0 Å². The summed E-state index contributed by atoms with van der Waals surface area (Å²) in [4.78, 5) is 25.0. The van der Waals surface area contributed by atoms with Gasteiger partial charge in [-0.05, 0) is 206 Å². The van der Waals surface area contributed by atoms with Crippen LogP contribution in [0.4, 0.5) is 0 Å². The maximum atomic E-state index is 6.25. The summed E-state index contributed by atoms with van der Waals surface area (Å²) in [6.07, 6.45) is 3.67. The van der Waals surface area contributed by atoms with Crippen LogP contribution in [0.1, 0.15) is 49.9 Å². The molecule has 0 saturated heterocycles. The van der Waals surface area contributed by atoms with Gasteiger partial charge in [0.2, 0.25) is 0 Å². The van der Waals surface area contributed by atoms with Crippen molar-refractivity contribution in [1.82, 2.24) is 19.9 Å². The molecule has 3 aliphatic rings. The van der Waals surface area contributed by atoms with Gasteiger partial charge in [0.1, 0.15) is 0 Å². The fraction of sp³-hybridized carbons (Fsp3) is 0.0952. The van der Waals surface area contributed by atoms with Crippen molar-refractivity contribution in [3.63, 3.8) is 0 Å². The Hall–Kier alpha value is -10.0. The van der Waals surface area contributed by atoms with Gasteiger partial charge in [0.05, 0.1) is 22.8 Å². The van der Waals surface area contributed by atoms with Crippen LogP contribution in [-0.2, 0) is 46.1 Å². The molecule has 0 spiro atoms. The van der Waals surface area contributed by atoms with E-state index in [9.17, 15) is 0 Å². The van der Waals surface area contributed by atoms with Crippen molar-refractivity contribution in [3.05, 3.63) is 265 Å². The molecule has 0 fully saturated rings. The quantitative estimate of drug-likeness (QED) is 0.142. The van der Waals surface area contributed by atoms with Crippen LogP contribution in [0.3, 0.4) is 0 Å². The summed E-state index contributed by atoms with van der Waals surface area (Å²) in [6, 6.07) is 90.7. The minimum absolute atomic E-state index is 0. The molecule has 17 rings (SSSR count). The van der Waals surface area contributed by atoms with Gasteiger partial charge in [0, 0.05) is 22.3 Å². The molecule has 8 bridgehead atoms. The van der Waals surface area contributed by atoms with Gasteiger partial charge < -0.3 is 9.97 Å². The van der Waals surface area contributed by atoms with Crippen molar-refractivity contribution >= 4 is 86.7 Å². The van der Waals surface area contributed by atoms with E-state index in [0.29, 0.717) is 0 Å². The van der Waals surface area contributed by atoms with Gasteiger partial charge in [0.15, 0.2) is 0 Å². The third kappa shape index (κ3) is 8.82. The van der Waals surface area contributed by atoms with E-state index in [1.165, 1.54) is 22.3 Å². The van der Waals surface area contributed by atoms with Crippen LogP contribution in [0, 0.1) is 0 Å². The molecule has 2 aliphatic heterocycles. The molecule has 89 heavy (non-hydrogen) atoms. The average Bonchev–Trinajstić information content (AvgIpc) is 1.63. The molecular weight excluding hydrogens is 1170 g/mol. The number of fused-ring (bicyclic) bond motifs is 4. The Balaban J connectivity index is 0.00000636. The number of rotatable bonds is 8. The molecule has 12 aromatic carbocycles. The largest absolute Gasteiger partial charge is 2.00 e. The molecule has 426 valence electrons. The van der Waals surface area contributed by atoms with E-state index >= 15 is 0 Å². The maximum absolute atomic E-state index is 6.25. The summed E-state index contributed by atoms with van der Waals surface area (Å²) in [5.74, 6) is 0. The predicted molar refractivity (Wildman–Crippen MR) is 372 cm³/mol. The topological polar surface area (TPSA) is 54.0 Å². The normalized spacial score (nSPS) is 11.9. The standard InChI is InChI=1S/C84H60N4.Pd/c1-5-49-25-33-53(34-26-49)73-77-65-41-57-17-9-11-19-59(57)43-67(65)79(85-77)74(54-35-27-50(6-2)28-36-54)81-69-45-61-21-13-15-23-63(61)47-71(69)83(87-81)76(56-39-31-52(8-4)32-40-56)84-72-48-64-24-16-14-22-62(64)46-70(72)82(88-84)75(55-37-29-51(7-3)30-38-55)80-68-44-60-20-12-10-18-58(60)42-66(68)78(73)86-80;/h9-48H,5-8H2,1-4H3;/q-2;+2. The summed E-state index contributed by atoms with van der Waals surface area (Å²) < 4.78 is 0. The molecule has 5 heteroatoms. The van der Waals surface area contributed by atoms with Crippen LogP contribution in [0.25, 0.3) is 176 Å². The predicted octanol–water partition coefficient (Wildman–Crippen LogP) is 22.1. The Morgan fingerprint density at radius 1 is 0.247 bits per heavy atom. The van der Waals surface area contributed by atoms with Crippen molar-refractivity contribution < 1.29 is 20.4 Å². The van der Waals surface area contributed by atoms with Gasteiger partial charge in [-0.1, -0.05) is 222 Å². The Labute approximate surface area is 531 Å². The first-order chi connectivity index (χ1) is 43.4. The van der Waals surface area contributed by atoms with E-state index in [2.05, 4.69) is 270 Å². The Bertz CT molecular complexity index is 4890. The first kappa shape index (κ1) is 54.4. The van der Waals surface area contributed by atoms with Crippen LogP contribution in [0.15, 0.2) is 243 Å². The van der Waals surface area contributed by atoms with Crippen molar-refractivity contribution in [1.29, 1.82) is 0 Å². The second-order valence-corrected chi connectivity index (χ2v) is 23.9. The summed E-state index contributed by atoms with van der Waals surface area (Å²) in [7, 11) is 0. The van der Waals surface area contributed by atoms with E-state index in [1.807, 2.05) is 0 Å². The number of benzene rings is 12. The first-order valence-corrected chi connectivity index (χ1v) is 31.2. The van der Waals surface area contributed by atoms with E-state index in [4.69, 9.17) is 19.9 Å². The summed E-state index contributed by atoms with van der Waals surface area (Å²) in [5.41, 5.74) is 24.3. The molecule has 0 N–H and O–H groups in total. The number of nitrogens with zero attached hydrogens (tertiary/aromatic N) is 4. The molecule has 0 unspecified atom stereocenters. The van der Waals surface area contributed by atoms with Gasteiger partial charge in [0.25, 0.3) is 0 Å². The van der Waals surface area contributed by atoms with Crippen molar-refractivity contribution in [3.8, 4) is 89.5 Å². The minimum atomic E-state index is 0. The molecule has 0 saturated carbocycles. The monoisotopic (exact) mass is 1230 g/mol. The third-order valence-corrected chi connectivity index (χ3v) is 19.0. The molecule has 14 aromatic rings. The van der Waals surface area contributed by atoms with Crippen LogP contribution in [0.5, 0.6) is 0 Å². The van der Waals surface area contributed by atoms with Gasteiger partial charge in [-0.3, -0.25) is 0 Å². The molecule has 0 atom stereocenters. The number of hydrogen-bond donors (Lipinski definition) is 0. The molecule has 4 heterocycles. The number of hydrogen-bond acceptors (Lipinski definition) is 2. The van der Waals surface area contributed by atoms with Crippen molar-refractivity contribution in [2.75, 3.05) is 0 Å².